The Kier molecular flexibility index (Phi) is 4.56. The topological polar surface area (TPSA) is 41.6 Å². The molecule has 1 saturated heterocycles. The molecule has 19 heavy (non-hydrogen) atoms. The molecule has 0 radical (unpaired) electrons. The molecule has 1 aromatic rings. The van der Waals surface area contributed by atoms with Gasteiger partial charge in [0.2, 0.25) is 5.91 Å². The van der Waals surface area contributed by atoms with Crippen molar-refractivity contribution in [2.45, 2.75) is 24.9 Å². The fourth-order valence-corrected chi connectivity index (χ4v) is 2.53. The molecule has 1 amide bonds. The largest absolute Gasteiger partial charge is 0.378 e. The molecule has 0 atom stereocenters. The van der Waals surface area contributed by atoms with Gasteiger partial charge in [-0.05, 0) is 38.1 Å². The number of nitrogens with one attached hydrogen (secondary N) is 1. The SMILES string of the molecule is COC1(CC(=O)N(C)c2ccccc2)CCNCC1. The lowest BCUT2D eigenvalue weighted by Crippen LogP contribution is -2.46. The fourth-order valence-electron chi connectivity index (χ4n) is 2.53. The summed E-state index contributed by atoms with van der Waals surface area (Å²) in [4.78, 5) is 14.1. The quantitative estimate of drug-likeness (QED) is 0.899. The lowest BCUT2D eigenvalue weighted by atomic mass is 9.88. The molecule has 0 saturated carbocycles. The Morgan fingerprint density at radius 2 is 1.95 bits per heavy atom. The molecule has 0 unspecified atom stereocenters. The van der Waals surface area contributed by atoms with Crippen LogP contribution < -0.4 is 10.2 Å². The predicted molar refractivity (Wildman–Crippen MR) is 76.3 cm³/mol. The number of para-hydroxylation sites is 1. The first kappa shape index (κ1) is 14.0. The molecular formula is C15H22N2O2. The second kappa shape index (κ2) is 6.17. The highest BCUT2D eigenvalue weighted by atomic mass is 16.5. The van der Waals surface area contributed by atoms with E-state index in [2.05, 4.69) is 5.32 Å². The zero-order chi connectivity index (χ0) is 13.7. The highest BCUT2D eigenvalue weighted by molar-refractivity contribution is 5.93. The van der Waals surface area contributed by atoms with Gasteiger partial charge in [-0.3, -0.25) is 4.79 Å². The summed E-state index contributed by atoms with van der Waals surface area (Å²) >= 11 is 0. The van der Waals surface area contributed by atoms with Gasteiger partial charge < -0.3 is 15.0 Å². The third kappa shape index (κ3) is 3.33. The summed E-state index contributed by atoms with van der Waals surface area (Å²) in [5.74, 6) is 0.106. The van der Waals surface area contributed by atoms with Crippen LogP contribution >= 0.6 is 0 Å². The van der Waals surface area contributed by atoms with Gasteiger partial charge in [-0.15, -0.1) is 0 Å². The van der Waals surface area contributed by atoms with E-state index in [1.54, 1.807) is 12.0 Å². The van der Waals surface area contributed by atoms with Crippen LogP contribution in [0.3, 0.4) is 0 Å². The van der Waals surface area contributed by atoms with Crippen molar-refractivity contribution >= 4 is 11.6 Å². The standard InChI is InChI=1S/C15H22N2O2/c1-17(13-6-4-3-5-7-13)14(18)12-15(19-2)8-10-16-11-9-15/h3-7,16H,8-12H2,1-2H3. The first-order valence-corrected chi connectivity index (χ1v) is 6.74. The maximum Gasteiger partial charge on any atom is 0.229 e. The summed E-state index contributed by atoms with van der Waals surface area (Å²) in [6.07, 6.45) is 2.21. The molecule has 1 aromatic carbocycles. The Balaban J connectivity index is 2.03. The summed E-state index contributed by atoms with van der Waals surface area (Å²) in [6, 6.07) is 9.72. The lowest BCUT2D eigenvalue weighted by molar-refractivity contribution is -0.126. The number of piperidine rings is 1. The molecule has 4 nitrogen and oxygen atoms in total. The number of ether oxygens (including phenoxy) is 1. The van der Waals surface area contributed by atoms with Crippen molar-refractivity contribution in [2.24, 2.45) is 0 Å². The van der Waals surface area contributed by atoms with Crippen molar-refractivity contribution in [3.8, 4) is 0 Å². The predicted octanol–water partition coefficient (Wildman–Crippen LogP) is 1.81. The van der Waals surface area contributed by atoms with Crippen molar-refractivity contribution in [1.82, 2.24) is 5.32 Å². The number of hydrogen-bond donors (Lipinski definition) is 1. The highest BCUT2D eigenvalue weighted by Crippen LogP contribution is 2.27. The maximum absolute atomic E-state index is 12.4. The first-order chi connectivity index (χ1) is 9.17. The van der Waals surface area contributed by atoms with E-state index in [-0.39, 0.29) is 11.5 Å². The molecular weight excluding hydrogens is 240 g/mol. The van der Waals surface area contributed by atoms with E-state index in [1.165, 1.54) is 0 Å². The molecule has 104 valence electrons. The van der Waals surface area contributed by atoms with Crippen LogP contribution in [0.2, 0.25) is 0 Å². The Morgan fingerprint density at radius 3 is 2.53 bits per heavy atom. The fraction of sp³-hybridized carbons (Fsp3) is 0.533. The Morgan fingerprint density at radius 1 is 1.32 bits per heavy atom. The van der Waals surface area contributed by atoms with Crippen LogP contribution in [0.15, 0.2) is 30.3 Å². The van der Waals surface area contributed by atoms with Crippen LogP contribution in [-0.4, -0.2) is 38.8 Å². The van der Waals surface area contributed by atoms with Gasteiger partial charge in [0.05, 0.1) is 12.0 Å². The van der Waals surface area contributed by atoms with Crippen LogP contribution in [0.1, 0.15) is 19.3 Å². The number of nitrogens with zero attached hydrogens (tertiary/aromatic N) is 1. The molecule has 0 spiro atoms. The van der Waals surface area contributed by atoms with Crippen LogP contribution in [0.4, 0.5) is 5.69 Å². The summed E-state index contributed by atoms with van der Waals surface area (Å²) in [5, 5.41) is 3.30. The average Bonchev–Trinajstić information content (AvgIpc) is 2.48. The van der Waals surface area contributed by atoms with Crippen molar-refractivity contribution in [3.63, 3.8) is 0 Å². The summed E-state index contributed by atoms with van der Waals surface area (Å²) in [7, 11) is 3.53. The van der Waals surface area contributed by atoms with Crippen molar-refractivity contribution in [1.29, 1.82) is 0 Å². The van der Waals surface area contributed by atoms with Gasteiger partial charge in [-0.25, -0.2) is 0 Å². The van der Waals surface area contributed by atoms with E-state index >= 15 is 0 Å². The number of carbonyl (C=O) groups excluding carboxylic acids is 1. The molecule has 0 aromatic heterocycles. The molecule has 1 N–H and O–H groups in total. The van der Waals surface area contributed by atoms with Crippen LogP contribution in [0, 0.1) is 0 Å². The monoisotopic (exact) mass is 262 g/mol. The summed E-state index contributed by atoms with van der Waals surface area (Å²) in [6.45, 7) is 1.83. The van der Waals surface area contributed by atoms with Crippen LogP contribution in [0.5, 0.6) is 0 Å². The number of rotatable bonds is 4. The second-order valence-electron chi connectivity index (χ2n) is 5.10. The maximum atomic E-state index is 12.4. The minimum absolute atomic E-state index is 0.106. The van der Waals surface area contributed by atoms with E-state index < -0.39 is 0 Å². The Hall–Kier alpha value is -1.39. The molecule has 1 aliphatic heterocycles. The Bertz CT molecular complexity index is 413. The third-order valence-corrected chi connectivity index (χ3v) is 3.94. The number of methoxy groups -OCH3 is 1. The van der Waals surface area contributed by atoms with E-state index in [1.807, 2.05) is 37.4 Å². The minimum Gasteiger partial charge on any atom is -0.378 e. The van der Waals surface area contributed by atoms with E-state index in [9.17, 15) is 4.79 Å². The number of benzene rings is 1. The molecule has 1 aliphatic rings. The molecule has 4 heteroatoms. The molecule has 0 bridgehead atoms. The number of hydrogen-bond acceptors (Lipinski definition) is 3. The van der Waals surface area contributed by atoms with Gasteiger partial charge in [0.25, 0.3) is 0 Å². The summed E-state index contributed by atoms with van der Waals surface area (Å²) in [5.41, 5.74) is 0.624. The Labute approximate surface area is 114 Å². The van der Waals surface area contributed by atoms with Gasteiger partial charge >= 0.3 is 0 Å². The smallest absolute Gasteiger partial charge is 0.229 e. The minimum atomic E-state index is -0.300. The van der Waals surface area contributed by atoms with Gasteiger partial charge in [-0.2, -0.15) is 0 Å². The average molecular weight is 262 g/mol. The van der Waals surface area contributed by atoms with Crippen molar-refractivity contribution < 1.29 is 9.53 Å². The number of amides is 1. The third-order valence-electron chi connectivity index (χ3n) is 3.94. The second-order valence-corrected chi connectivity index (χ2v) is 5.10. The zero-order valence-corrected chi connectivity index (χ0v) is 11.7. The van der Waals surface area contributed by atoms with E-state index in [4.69, 9.17) is 4.74 Å². The van der Waals surface area contributed by atoms with Crippen molar-refractivity contribution in [3.05, 3.63) is 30.3 Å². The van der Waals surface area contributed by atoms with E-state index in [0.717, 1.165) is 31.6 Å². The zero-order valence-electron chi connectivity index (χ0n) is 11.7. The molecule has 1 heterocycles. The molecule has 1 fully saturated rings. The van der Waals surface area contributed by atoms with E-state index in [0.29, 0.717) is 6.42 Å². The van der Waals surface area contributed by atoms with Crippen molar-refractivity contribution in [2.75, 3.05) is 32.1 Å². The molecule has 0 aliphatic carbocycles. The van der Waals surface area contributed by atoms with Crippen LogP contribution in [-0.2, 0) is 9.53 Å². The highest BCUT2D eigenvalue weighted by Gasteiger charge is 2.35. The number of carbonyl (C=O) groups is 1. The summed E-state index contributed by atoms with van der Waals surface area (Å²) < 4.78 is 5.65. The normalized spacial score (nSPS) is 18.0. The number of anilines is 1. The van der Waals surface area contributed by atoms with Gasteiger partial charge in [-0.1, -0.05) is 18.2 Å². The molecule has 2 rings (SSSR count). The lowest BCUT2D eigenvalue weighted by Gasteiger charge is -2.36. The first-order valence-electron chi connectivity index (χ1n) is 6.74. The van der Waals surface area contributed by atoms with Crippen LogP contribution in [0.25, 0.3) is 0 Å². The van der Waals surface area contributed by atoms with Gasteiger partial charge in [0.1, 0.15) is 0 Å². The van der Waals surface area contributed by atoms with Gasteiger partial charge in [0.15, 0.2) is 0 Å². The van der Waals surface area contributed by atoms with Gasteiger partial charge in [0, 0.05) is 19.8 Å².